The van der Waals surface area contributed by atoms with E-state index in [9.17, 15) is 9.59 Å². The van der Waals surface area contributed by atoms with E-state index in [4.69, 9.17) is 46.4 Å². The van der Waals surface area contributed by atoms with Crippen LogP contribution in [0.2, 0.25) is 10.0 Å². The quantitative estimate of drug-likeness (QED) is 0.307. The van der Waals surface area contributed by atoms with Gasteiger partial charge in [-0.3, -0.25) is 9.59 Å². The maximum Gasteiger partial charge on any atom is 0.240 e. The summed E-state index contributed by atoms with van der Waals surface area (Å²) in [6.45, 7) is 0. The number of hydrogen-bond acceptors (Lipinski definition) is 2. The lowest BCUT2D eigenvalue weighted by atomic mass is 9.54. The number of benzene rings is 3. The zero-order chi connectivity index (χ0) is 21.7. The molecule has 154 valence electrons. The largest absolute Gasteiger partial charge is 0.274 e. The van der Waals surface area contributed by atoms with Crippen LogP contribution in [0.25, 0.3) is 0 Å². The van der Waals surface area contributed by atoms with Crippen LogP contribution in [0.3, 0.4) is 0 Å². The molecule has 3 aliphatic carbocycles. The lowest BCUT2D eigenvalue weighted by Gasteiger charge is -2.54. The minimum Gasteiger partial charge on any atom is -0.274 e. The van der Waals surface area contributed by atoms with E-state index in [1.807, 2.05) is 48.5 Å². The van der Waals surface area contributed by atoms with E-state index in [0.717, 1.165) is 27.2 Å². The Morgan fingerprint density at radius 2 is 1.06 bits per heavy atom. The first-order chi connectivity index (χ1) is 14.8. The Balaban J connectivity index is 1.65. The van der Waals surface area contributed by atoms with Crippen LogP contribution >= 0.6 is 46.4 Å². The summed E-state index contributed by atoms with van der Waals surface area (Å²) in [6, 6.07) is 19.8. The Labute approximate surface area is 198 Å². The molecule has 0 unspecified atom stereocenters. The summed E-state index contributed by atoms with van der Waals surface area (Å²) in [5.41, 5.74) is 3.42. The molecule has 0 saturated carbocycles. The molecule has 0 aromatic heterocycles. The van der Waals surface area contributed by atoms with Gasteiger partial charge in [0.25, 0.3) is 0 Å². The summed E-state index contributed by atoms with van der Waals surface area (Å²) < 4.78 is 0. The first-order valence-corrected chi connectivity index (χ1v) is 11.2. The summed E-state index contributed by atoms with van der Waals surface area (Å²) in [5, 5.41) is 0.592. The van der Waals surface area contributed by atoms with Gasteiger partial charge in [-0.2, -0.15) is 0 Å². The predicted molar refractivity (Wildman–Crippen MR) is 122 cm³/mol. The number of carbonyl (C=O) groups is 2. The van der Waals surface area contributed by atoms with Crippen LogP contribution in [0.4, 0.5) is 5.69 Å². The normalized spacial score (nSPS) is 30.3. The highest BCUT2D eigenvalue weighted by atomic mass is 35.5. The molecule has 7 heteroatoms. The van der Waals surface area contributed by atoms with E-state index in [-0.39, 0.29) is 5.02 Å². The van der Waals surface area contributed by atoms with Gasteiger partial charge in [-0.05, 0) is 40.5 Å². The molecule has 3 nitrogen and oxygen atoms in total. The SMILES string of the molecule is O=C1[C@@H]2[C@@H](C(=O)N1c1ccc(Cl)c(Cl)c1)C1(Cl)c3ccccc3C2(Cl)c2ccccc21. The second kappa shape index (κ2) is 6.26. The molecule has 7 rings (SSSR count). The van der Waals surface area contributed by atoms with Crippen molar-refractivity contribution in [3.8, 4) is 0 Å². The zero-order valence-corrected chi connectivity index (χ0v) is 18.8. The second-order valence-electron chi connectivity index (χ2n) is 8.08. The molecule has 31 heavy (non-hydrogen) atoms. The number of rotatable bonds is 1. The van der Waals surface area contributed by atoms with Crippen LogP contribution in [0.1, 0.15) is 22.3 Å². The van der Waals surface area contributed by atoms with E-state index in [1.54, 1.807) is 12.1 Å². The standard InChI is InChI=1S/C24H13Cl4NO2/c25-17-10-9-12(11-18(17)26)29-21(30)19-20(22(29)31)24(28)14-6-2-1-5-13(14)23(19,27)15-7-3-4-8-16(15)24/h1-11,19-20H/t19-,20-,23?,24?/m0/s1. The lowest BCUT2D eigenvalue weighted by Crippen LogP contribution is -2.57. The highest BCUT2D eigenvalue weighted by molar-refractivity contribution is 6.43. The van der Waals surface area contributed by atoms with Gasteiger partial charge in [-0.15, -0.1) is 23.2 Å². The van der Waals surface area contributed by atoms with Crippen LogP contribution in [-0.4, -0.2) is 11.8 Å². The van der Waals surface area contributed by atoms with E-state index in [0.29, 0.717) is 10.7 Å². The molecule has 3 aromatic rings. The van der Waals surface area contributed by atoms with Crippen LogP contribution in [0, 0.1) is 11.8 Å². The summed E-state index contributed by atoms with van der Waals surface area (Å²) in [6.07, 6.45) is 0. The van der Waals surface area contributed by atoms with Crippen LogP contribution in [-0.2, 0) is 19.3 Å². The molecule has 1 fully saturated rings. The number of hydrogen-bond donors (Lipinski definition) is 0. The van der Waals surface area contributed by atoms with Crippen molar-refractivity contribution in [2.24, 2.45) is 11.8 Å². The van der Waals surface area contributed by atoms with Crippen molar-refractivity contribution in [3.63, 3.8) is 0 Å². The summed E-state index contributed by atoms with van der Waals surface area (Å²) in [7, 11) is 0. The summed E-state index contributed by atoms with van der Waals surface area (Å²) in [4.78, 5) is 26.3. The molecule has 0 spiro atoms. The number of amides is 2. The van der Waals surface area contributed by atoms with Crippen molar-refractivity contribution in [3.05, 3.63) is 99.0 Å². The van der Waals surface area contributed by atoms with Crippen molar-refractivity contribution in [2.45, 2.75) is 9.75 Å². The van der Waals surface area contributed by atoms with Crippen molar-refractivity contribution in [1.29, 1.82) is 0 Å². The fourth-order valence-corrected chi connectivity index (χ4v) is 6.94. The Morgan fingerprint density at radius 1 is 0.645 bits per heavy atom. The summed E-state index contributed by atoms with van der Waals surface area (Å²) in [5.74, 6) is -2.48. The average Bonchev–Trinajstić information content (AvgIpc) is 3.05. The van der Waals surface area contributed by atoms with Crippen molar-refractivity contribution in [1.82, 2.24) is 0 Å². The van der Waals surface area contributed by atoms with E-state index in [1.165, 1.54) is 6.07 Å². The highest BCUT2D eigenvalue weighted by Gasteiger charge is 2.73. The number of nitrogens with zero attached hydrogens (tertiary/aromatic N) is 1. The maximum absolute atomic E-state index is 13.8. The Hall–Kier alpha value is -2.04. The fraction of sp³-hybridized carbons (Fsp3) is 0.167. The smallest absolute Gasteiger partial charge is 0.240 e. The molecule has 1 saturated heterocycles. The van der Waals surface area contributed by atoms with Gasteiger partial charge in [0.2, 0.25) is 11.8 Å². The minimum absolute atomic E-state index is 0.255. The first-order valence-electron chi connectivity index (χ1n) is 9.72. The van der Waals surface area contributed by atoms with Gasteiger partial charge >= 0.3 is 0 Å². The molecule has 2 amide bonds. The van der Waals surface area contributed by atoms with Crippen molar-refractivity contribution in [2.75, 3.05) is 4.90 Å². The number of imide groups is 1. The van der Waals surface area contributed by atoms with E-state index in [2.05, 4.69) is 0 Å². The predicted octanol–water partition coefficient (Wildman–Crippen LogP) is 6.09. The monoisotopic (exact) mass is 487 g/mol. The Bertz CT molecular complexity index is 1200. The maximum atomic E-state index is 13.8. The van der Waals surface area contributed by atoms with Crippen LogP contribution in [0.5, 0.6) is 0 Å². The fourth-order valence-electron chi connectivity index (χ4n) is 5.55. The average molecular weight is 489 g/mol. The van der Waals surface area contributed by atoms with Gasteiger partial charge in [0.1, 0.15) is 9.75 Å². The van der Waals surface area contributed by atoms with E-state index < -0.39 is 33.4 Å². The number of carbonyl (C=O) groups excluding carboxylic acids is 2. The van der Waals surface area contributed by atoms with Crippen LogP contribution in [0.15, 0.2) is 66.7 Å². The third kappa shape index (κ3) is 2.18. The van der Waals surface area contributed by atoms with E-state index >= 15 is 0 Å². The molecule has 2 atom stereocenters. The number of alkyl halides is 2. The van der Waals surface area contributed by atoms with Gasteiger partial charge in [-0.25, -0.2) is 4.90 Å². The van der Waals surface area contributed by atoms with Crippen molar-refractivity contribution >= 4 is 63.9 Å². The number of halogens is 4. The Kier molecular flexibility index (Phi) is 3.97. The highest BCUT2D eigenvalue weighted by Crippen LogP contribution is 2.69. The minimum atomic E-state index is -1.20. The third-order valence-electron chi connectivity index (χ3n) is 6.75. The molecule has 1 heterocycles. The van der Waals surface area contributed by atoms with Gasteiger partial charge in [-0.1, -0.05) is 71.7 Å². The van der Waals surface area contributed by atoms with Gasteiger partial charge in [0.05, 0.1) is 27.6 Å². The molecule has 1 aliphatic heterocycles. The molecule has 3 aromatic carbocycles. The molecular formula is C24H13Cl4NO2. The van der Waals surface area contributed by atoms with Crippen LogP contribution < -0.4 is 4.90 Å². The molecule has 0 radical (unpaired) electrons. The van der Waals surface area contributed by atoms with Gasteiger partial charge in [0.15, 0.2) is 0 Å². The second-order valence-corrected chi connectivity index (χ2v) is 10.1. The van der Waals surface area contributed by atoms with Gasteiger partial charge in [0, 0.05) is 0 Å². The topological polar surface area (TPSA) is 37.4 Å². The number of anilines is 1. The third-order valence-corrected chi connectivity index (χ3v) is 8.77. The summed E-state index contributed by atoms with van der Waals surface area (Å²) >= 11 is 27.0. The lowest BCUT2D eigenvalue weighted by molar-refractivity contribution is -0.122. The van der Waals surface area contributed by atoms with Crippen molar-refractivity contribution < 1.29 is 9.59 Å². The van der Waals surface area contributed by atoms with Gasteiger partial charge < -0.3 is 0 Å². The Morgan fingerprint density at radius 3 is 1.45 bits per heavy atom. The first kappa shape index (κ1) is 19.6. The molecular weight excluding hydrogens is 476 g/mol. The molecule has 4 aliphatic rings. The molecule has 2 bridgehead atoms. The zero-order valence-electron chi connectivity index (χ0n) is 15.8. The molecule has 0 N–H and O–H groups in total.